The van der Waals surface area contributed by atoms with Crippen molar-refractivity contribution in [1.82, 2.24) is 14.9 Å². The van der Waals surface area contributed by atoms with Gasteiger partial charge in [-0.15, -0.1) is 0 Å². The number of hydrogen-bond donors (Lipinski definition) is 1. The highest BCUT2D eigenvalue weighted by Crippen LogP contribution is 2.26. The lowest BCUT2D eigenvalue weighted by molar-refractivity contribution is 0.253. The Morgan fingerprint density at radius 3 is 2.69 bits per heavy atom. The van der Waals surface area contributed by atoms with Crippen molar-refractivity contribution in [3.63, 3.8) is 0 Å². The molecule has 2 heterocycles. The van der Waals surface area contributed by atoms with Gasteiger partial charge >= 0.3 is 0 Å². The molecule has 0 spiro atoms. The summed E-state index contributed by atoms with van der Waals surface area (Å²) in [6.07, 6.45) is 2.41. The quantitative estimate of drug-likeness (QED) is 0.798. The fourth-order valence-electron chi connectivity index (χ4n) is 2.24. The number of aromatic nitrogens is 2. The second kappa shape index (κ2) is 5.15. The minimum atomic E-state index is 0.608. The molecule has 2 rings (SSSR count). The number of aryl methyl sites for hydroxylation is 1. The number of rotatable bonds is 2. The smallest absolute Gasteiger partial charge is 0.138 e. The summed E-state index contributed by atoms with van der Waals surface area (Å²) in [6.45, 7) is 4.38. The van der Waals surface area contributed by atoms with Crippen LogP contribution in [0.4, 0.5) is 0 Å². The maximum atomic E-state index is 4.59. The van der Waals surface area contributed by atoms with Gasteiger partial charge in [0, 0.05) is 17.3 Å². The fourth-order valence-corrected chi connectivity index (χ4v) is 2.38. The number of thiol groups is 1. The summed E-state index contributed by atoms with van der Waals surface area (Å²) in [5.74, 6) is 2.09. The highest BCUT2D eigenvalue weighted by atomic mass is 32.1. The first kappa shape index (κ1) is 11.9. The molecule has 0 aliphatic carbocycles. The second-order valence-electron chi connectivity index (χ2n) is 4.59. The topological polar surface area (TPSA) is 29.0 Å². The first-order valence-electron chi connectivity index (χ1n) is 5.83. The summed E-state index contributed by atoms with van der Waals surface area (Å²) in [6, 6.07) is 2.13. The van der Waals surface area contributed by atoms with E-state index in [-0.39, 0.29) is 0 Å². The Morgan fingerprint density at radius 1 is 1.38 bits per heavy atom. The van der Waals surface area contributed by atoms with Crippen molar-refractivity contribution in [2.45, 2.75) is 31.4 Å². The average Bonchev–Trinajstić information content (AvgIpc) is 2.29. The van der Waals surface area contributed by atoms with Gasteiger partial charge in [0.15, 0.2) is 0 Å². The van der Waals surface area contributed by atoms with Crippen LogP contribution in [0.25, 0.3) is 0 Å². The van der Waals surface area contributed by atoms with Crippen molar-refractivity contribution in [1.29, 1.82) is 0 Å². The molecule has 0 saturated carbocycles. The van der Waals surface area contributed by atoms with Crippen LogP contribution >= 0.6 is 12.6 Å². The lowest BCUT2D eigenvalue weighted by atomic mass is 9.93. The predicted molar refractivity (Wildman–Crippen MR) is 68.9 cm³/mol. The molecule has 0 aromatic carbocycles. The Kier molecular flexibility index (Phi) is 3.82. The molecule has 16 heavy (non-hydrogen) atoms. The van der Waals surface area contributed by atoms with Crippen LogP contribution in [0.5, 0.6) is 0 Å². The molecule has 1 fully saturated rings. The van der Waals surface area contributed by atoms with Crippen LogP contribution < -0.4 is 0 Å². The fraction of sp³-hybridized carbons (Fsp3) is 0.667. The molecule has 1 saturated heterocycles. The molecule has 1 aromatic heterocycles. The molecular formula is C12H19N3S. The van der Waals surface area contributed by atoms with Gasteiger partial charge in [0.25, 0.3) is 0 Å². The van der Waals surface area contributed by atoms with Gasteiger partial charge in [0.2, 0.25) is 0 Å². The molecule has 0 radical (unpaired) electrons. The molecule has 0 amide bonds. The van der Waals surface area contributed by atoms with Gasteiger partial charge in [0.05, 0.1) is 5.75 Å². The minimum Gasteiger partial charge on any atom is -0.306 e. The number of nitrogens with zero attached hydrogens (tertiary/aromatic N) is 3. The predicted octanol–water partition coefficient (Wildman–Crippen LogP) is 2.02. The van der Waals surface area contributed by atoms with E-state index in [4.69, 9.17) is 0 Å². The highest BCUT2D eigenvalue weighted by molar-refractivity contribution is 7.79. The van der Waals surface area contributed by atoms with Crippen LogP contribution in [0.3, 0.4) is 0 Å². The normalized spacial score (nSPS) is 18.9. The zero-order chi connectivity index (χ0) is 11.5. The van der Waals surface area contributed by atoms with Gasteiger partial charge in [-0.3, -0.25) is 0 Å². The third-order valence-corrected chi connectivity index (χ3v) is 3.48. The lowest BCUT2D eigenvalue weighted by Crippen LogP contribution is -2.29. The van der Waals surface area contributed by atoms with E-state index in [2.05, 4.69) is 40.6 Å². The largest absolute Gasteiger partial charge is 0.306 e. The van der Waals surface area contributed by atoms with Crippen molar-refractivity contribution in [2.75, 3.05) is 20.1 Å². The van der Waals surface area contributed by atoms with E-state index >= 15 is 0 Å². The molecule has 88 valence electrons. The molecule has 3 nitrogen and oxygen atoms in total. The lowest BCUT2D eigenvalue weighted by Gasteiger charge is -2.28. The zero-order valence-corrected chi connectivity index (χ0v) is 10.9. The van der Waals surface area contributed by atoms with E-state index in [0.29, 0.717) is 11.7 Å². The molecule has 1 aliphatic heterocycles. The summed E-state index contributed by atoms with van der Waals surface area (Å²) < 4.78 is 0. The van der Waals surface area contributed by atoms with Gasteiger partial charge in [0.1, 0.15) is 5.82 Å². The summed E-state index contributed by atoms with van der Waals surface area (Å²) in [4.78, 5) is 11.3. The van der Waals surface area contributed by atoms with Crippen molar-refractivity contribution < 1.29 is 0 Å². The van der Waals surface area contributed by atoms with Crippen LogP contribution in [-0.4, -0.2) is 35.0 Å². The van der Waals surface area contributed by atoms with Gasteiger partial charge in [-0.25, -0.2) is 9.97 Å². The Morgan fingerprint density at radius 2 is 2.06 bits per heavy atom. The summed E-state index contributed by atoms with van der Waals surface area (Å²) in [5, 5.41) is 0. The molecule has 4 heteroatoms. The maximum absolute atomic E-state index is 4.59. The van der Waals surface area contributed by atoms with Crippen molar-refractivity contribution in [3.8, 4) is 0 Å². The average molecular weight is 237 g/mol. The molecule has 0 unspecified atom stereocenters. The van der Waals surface area contributed by atoms with Crippen LogP contribution in [-0.2, 0) is 5.75 Å². The van der Waals surface area contributed by atoms with Crippen LogP contribution in [0.2, 0.25) is 0 Å². The standard InChI is InChI=1S/C12H19N3S/c1-9-7-11(14-12(8-16)13-9)10-3-5-15(2)6-4-10/h7,10,16H,3-6,8H2,1-2H3. The van der Waals surface area contributed by atoms with Crippen LogP contribution in [0, 0.1) is 6.92 Å². The number of likely N-dealkylation sites (tertiary alicyclic amines) is 1. The molecular weight excluding hydrogens is 218 g/mol. The van der Waals surface area contributed by atoms with Crippen molar-refractivity contribution >= 4 is 12.6 Å². The number of hydrogen-bond acceptors (Lipinski definition) is 4. The number of piperidine rings is 1. The summed E-state index contributed by atoms with van der Waals surface area (Å²) in [5.41, 5.74) is 2.28. The Labute approximate surface area is 103 Å². The highest BCUT2D eigenvalue weighted by Gasteiger charge is 2.20. The van der Waals surface area contributed by atoms with E-state index in [1.807, 2.05) is 6.92 Å². The van der Waals surface area contributed by atoms with E-state index in [9.17, 15) is 0 Å². The Hall–Kier alpha value is -0.610. The second-order valence-corrected chi connectivity index (χ2v) is 4.90. The SMILES string of the molecule is Cc1cc(C2CCN(C)CC2)nc(CS)n1. The van der Waals surface area contributed by atoms with Crippen LogP contribution in [0.1, 0.15) is 36.0 Å². The van der Waals surface area contributed by atoms with Crippen LogP contribution in [0.15, 0.2) is 6.07 Å². The van der Waals surface area contributed by atoms with Gasteiger partial charge < -0.3 is 4.90 Å². The first-order valence-corrected chi connectivity index (χ1v) is 6.46. The molecule has 0 atom stereocenters. The van der Waals surface area contributed by atoms with Gasteiger partial charge in [-0.1, -0.05) is 0 Å². The van der Waals surface area contributed by atoms with E-state index in [1.165, 1.54) is 31.6 Å². The van der Waals surface area contributed by atoms with E-state index in [1.54, 1.807) is 0 Å². The Bertz CT molecular complexity index is 359. The summed E-state index contributed by atoms with van der Waals surface area (Å²) in [7, 11) is 2.18. The zero-order valence-electron chi connectivity index (χ0n) is 9.98. The maximum Gasteiger partial charge on any atom is 0.138 e. The third-order valence-electron chi connectivity index (χ3n) is 3.20. The molecule has 0 N–H and O–H groups in total. The van der Waals surface area contributed by atoms with Crippen molar-refractivity contribution in [2.24, 2.45) is 0 Å². The van der Waals surface area contributed by atoms with E-state index < -0.39 is 0 Å². The van der Waals surface area contributed by atoms with E-state index in [0.717, 1.165) is 11.5 Å². The minimum absolute atomic E-state index is 0.608. The third kappa shape index (κ3) is 2.74. The molecule has 0 bridgehead atoms. The first-order chi connectivity index (χ1) is 7.69. The molecule has 1 aliphatic rings. The molecule has 1 aromatic rings. The van der Waals surface area contributed by atoms with Gasteiger partial charge in [-0.2, -0.15) is 12.6 Å². The van der Waals surface area contributed by atoms with Crippen molar-refractivity contribution in [3.05, 3.63) is 23.3 Å². The monoisotopic (exact) mass is 237 g/mol. The summed E-state index contributed by atoms with van der Waals surface area (Å²) >= 11 is 4.25. The Balaban J connectivity index is 2.16. The van der Waals surface area contributed by atoms with Gasteiger partial charge in [-0.05, 0) is 46.0 Å².